The third kappa shape index (κ3) is 5.07. The first-order valence-electron chi connectivity index (χ1n) is 6.12. The fourth-order valence-electron chi connectivity index (χ4n) is 1.42. The molecule has 6 heteroatoms. The monoisotopic (exact) mass is 310 g/mol. The van der Waals surface area contributed by atoms with Crippen LogP contribution in [0.5, 0.6) is 0 Å². The van der Waals surface area contributed by atoms with Crippen LogP contribution < -0.4 is 0 Å². The van der Waals surface area contributed by atoms with Gasteiger partial charge in [0.25, 0.3) is 5.78 Å². The Labute approximate surface area is 126 Å². The van der Waals surface area contributed by atoms with Crippen LogP contribution in [0.1, 0.15) is 12.5 Å². The van der Waals surface area contributed by atoms with Crippen LogP contribution in [0.4, 0.5) is 4.39 Å². The molecule has 0 aliphatic heterocycles. The fraction of sp³-hybridized carbons (Fsp3) is 0.200. The second kappa shape index (κ2) is 8.26. The molecule has 1 N–H and O–H groups in total. The maximum atomic E-state index is 12.8. The summed E-state index contributed by atoms with van der Waals surface area (Å²) in [6.45, 7) is 1.72. The van der Waals surface area contributed by atoms with Crippen LogP contribution in [-0.4, -0.2) is 29.7 Å². The first-order chi connectivity index (χ1) is 9.99. The number of thioether (sulfide) groups is 1. The van der Waals surface area contributed by atoms with E-state index in [2.05, 4.69) is 4.74 Å². The van der Waals surface area contributed by atoms with E-state index in [1.165, 1.54) is 42.1 Å². The largest absolute Gasteiger partial charge is 0.506 e. The number of aliphatic hydroxyl groups is 1. The highest BCUT2D eigenvalue weighted by atomic mass is 32.2. The van der Waals surface area contributed by atoms with Gasteiger partial charge in [0.1, 0.15) is 11.6 Å². The van der Waals surface area contributed by atoms with Crippen molar-refractivity contribution in [1.29, 1.82) is 0 Å². The van der Waals surface area contributed by atoms with Crippen LogP contribution >= 0.6 is 11.8 Å². The predicted octanol–water partition coefficient (Wildman–Crippen LogP) is 3.10. The van der Waals surface area contributed by atoms with E-state index in [0.29, 0.717) is 10.5 Å². The molecule has 0 saturated carbocycles. The Morgan fingerprint density at radius 3 is 2.43 bits per heavy atom. The minimum absolute atomic E-state index is 0.101. The minimum atomic E-state index is -0.949. The van der Waals surface area contributed by atoms with Crippen LogP contribution in [0.2, 0.25) is 0 Å². The number of ether oxygens (including phenoxy) is 1. The quantitative estimate of drug-likeness (QED) is 0.287. The number of ketones is 1. The number of esters is 1. The van der Waals surface area contributed by atoms with Crippen molar-refractivity contribution < 1.29 is 23.8 Å². The Bertz CT molecular complexity index is 576. The van der Waals surface area contributed by atoms with Crippen LogP contribution in [0, 0.1) is 5.82 Å². The third-order valence-corrected chi connectivity index (χ3v) is 3.20. The first-order valence-corrected chi connectivity index (χ1v) is 7.34. The lowest BCUT2D eigenvalue weighted by atomic mass is 10.1. The Morgan fingerprint density at radius 1 is 1.29 bits per heavy atom. The normalized spacial score (nSPS) is 12.1. The van der Waals surface area contributed by atoms with Gasteiger partial charge in [-0.05, 0) is 49.6 Å². The molecule has 0 amide bonds. The van der Waals surface area contributed by atoms with E-state index in [1.807, 2.05) is 0 Å². The maximum Gasteiger partial charge on any atom is 0.379 e. The molecular formula is C15H15FO4S. The third-order valence-electron chi connectivity index (χ3n) is 2.43. The molecule has 21 heavy (non-hydrogen) atoms. The highest BCUT2D eigenvalue weighted by molar-refractivity contribution is 8.02. The van der Waals surface area contributed by atoms with Gasteiger partial charge in [-0.2, -0.15) is 0 Å². The molecule has 0 bridgehead atoms. The molecule has 0 saturated heterocycles. The molecule has 0 radical (unpaired) electrons. The molecule has 0 atom stereocenters. The van der Waals surface area contributed by atoms with E-state index in [4.69, 9.17) is 0 Å². The standard InChI is InChI=1S/C15H15FO4S/c1-3-20-15(19)12(17)8-9-13(21-2)14(18)10-4-6-11(16)7-5-10/h4-9,18H,3H2,1-2H3. The van der Waals surface area contributed by atoms with Crippen LogP contribution in [-0.2, 0) is 14.3 Å². The molecule has 0 heterocycles. The van der Waals surface area contributed by atoms with Crippen molar-refractivity contribution in [3.8, 4) is 0 Å². The molecule has 0 aliphatic rings. The van der Waals surface area contributed by atoms with Gasteiger partial charge in [-0.25, -0.2) is 9.18 Å². The summed E-state index contributed by atoms with van der Waals surface area (Å²) in [5.74, 6) is -2.27. The minimum Gasteiger partial charge on any atom is -0.506 e. The zero-order chi connectivity index (χ0) is 15.8. The van der Waals surface area contributed by atoms with Crippen LogP contribution in [0.15, 0.2) is 41.3 Å². The highest BCUT2D eigenvalue weighted by Crippen LogP contribution is 2.24. The van der Waals surface area contributed by atoms with Crippen molar-refractivity contribution in [3.05, 3.63) is 52.7 Å². The van der Waals surface area contributed by atoms with E-state index in [-0.39, 0.29) is 12.4 Å². The van der Waals surface area contributed by atoms with E-state index < -0.39 is 17.6 Å². The van der Waals surface area contributed by atoms with Gasteiger partial charge in [0.05, 0.1) is 6.61 Å². The smallest absolute Gasteiger partial charge is 0.379 e. The molecule has 1 rings (SSSR count). The molecular weight excluding hydrogens is 295 g/mol. The lowest BCUT2D eigenvalue weighted by molar-refractivity contribution is -0.151. The van der Waals surface area contributed by atoms with E-state index >= 15 is 0 Å². The number of rotatable bonds is 6. The summed E-state index contributed by atoms with van der Waals surface area (Å²) >= 11 is 1.19. The van der Waals surface area contributed by atoms with Gasteiger partial charge in [0.15, 0.2) is 0 Å². The molecule has 1 aromatic rings. The number of carbonyl (C=O) groups excluding carboxylic acids is 2. The van der Waals surface area contributed by atoms with Crippen molar-refractivity contribution in [2.45, 2.75) is 6.92 Å². The van der Waals surface area contributed by atoms with Gasteiger partial charge in [-0.3, -0.25) is 4.79 Å². The van der Waals surface area contributed by atoms with Gasteiger partial charge in [0.2, 0.25) is 0 Å². The number of aliphatic hydroxyl groups excluding tert-OH is 1. The van der Waals surface area contributed by atoms with Crippen LogP contribution in [0.25, 0.3) is 5.76 Å². The number of halogens is 1. The molecule has 1 aromatic carbocycles. The Morgan fingerprint density at radius 2 is 1.90 bits per heavy atom. The van der Waals surface area contributed by atoms with E-state index in [9.17, 15) is 19.1 Å². The molecule has 4 nitrogen and oxygen atoms in total. The molecule has 0 aliphatic carbocycles. The van der Waals surface area contributed by atoms with Gasteiger partial charge < -0.3 is 9.84 Å². The van der Waals surface area contributed by atoms with Gasteiger partial charge in [0, 0.05) is 10.5 Å². The van der Waals surface area contributed by atoms with Crippen molar-refractivity contribution >= 4 is 29.3 Å². The molecule has 0 aromatic heterocycles. The number of hydrogen-bond donors (Lipinski definition) is 1. The second-order valence-corrected chi connectivity index (χ2v) is 4.69. The highest BCUT2D eigenvalue weighted by Gasteiger charge is 2.12. The van der Waals surface area contributed by atoms with Gasteiger partial charge in [-0.1, -0.05) is 0 Å². The topological polar surface area (TPSA) is 63.6 Å². The SMILES string of the molecule is CCOC(=O)C(=O)C=CC(SC)=C(O)c1ccc(F)cc1. The molecule has 112 valence electrons. The van der Waals surface area contributed by atoms with E-state index in [1.54, 1.807) is 13.2 Å². The zero-order valence-electron chi connectivity index (χ0n) is 11.6. The number of carbonyl (C=O) groups is 2. The molecule has 0 unspecified atom stereocenters. The summed E-state index contributed by atoms with van der Waals surface area (Å²) in [7, 11) is 0. The number of allylic oxidation sites excluding steroid dienone is 1. The van der Waals surface area contributed by atoms with E-state index in [0.717, 1.165) is 6.08 Å². The fourth-order valence-corrected chi connectivity index (χ4v) is 1.93. The summed E-state index contributed by atoms with van der Waals surface area (Å²) in [6.07, 6.45) is 4.06. The van der Waals surface area contributed by atoms with Crippen molar-refractivity contribution in [2.24, 2.45) is 0 Å². The summed E-state index contributed by atoms with van der Waals surface area (Å²) in [5.41, 5.74) is 0.411. The van der Waals surface area contributed by atoms with Gasteiger partial charge >= 0.3 is 5.97 Å². The second-order valence-electron chi connectivity index (χ2n) is 3.84. The Balaban J connectivity index is 2.95. The molecule has 0 spiro atoms. The lowest BCUT2D eigenvalue weighted by Gasteiger charge is -2.05. The lowest BCUT2D eigenvalue weighted by Crippen LogP contribution is -2.14. The Hall–Kier alpha value is -2.08. The average Bonchev–Trinajstić information content (AvgIpc) is 2.48. The summed E-state index contributed by atoms with van der Waals surface area (Å²) in [6, 6.07) is 5.28. The zero-order valence-corrected chi connectivity index (χ0v) is 12.4. The summed E-state index contributed by atoms with van der Waals surface area (Å²) < 4.78 is 17.4. The molecule has 0 fully saturated rings. The maximum absolute atomic E-state index is 12.8. The predicted molar refractivity (Wildman–Crippen MR) is 80.2 cm³/mol. The van der Waals surface area contributed by atoms with Crippen molar-refractivity contribution in [2.75, 3.05) is 12.9 Å². The van der Waals surface area contributed by atoms with Crippen LogP contribution in [0.3, 0.4) is 0 Å². The van der Waals surface area contributed by atoms with Crippen molar-refractivity contribution in [1.82, 2.24) is 0 Å². The van der Waals surface area contributed by atoms with Gasteiger partial charge in [-0.15, -0.1) is 11.8 Å². The summed E-state index contributed by atoms with van der Waals surface area (Å²) in [4.78, 5) is 23.0. The number of benzene rings is 1. The number of hydrogen-bond acceptors (Lipinski definition) is 5. The average molecular weight is 310 g/mol. The first kappa shape index (κ1) is 17.0. The van der Waals surface area contributed by atoms with Crippen molar-refractivity contribution in [3.63, 3.8) is 0 Å². The Kier molecular flexibility index (Phi) is 6.68. The summed E-state index contributed by atoms with van der Waals surface area (Å²) in [5, 5.41) is 10.1.